The lowest BCUT2D eigenvalue weighted by Crippen LogP contribution is -2.32. The van der Waals surface area contributed by atoms with E-state index in [1.807, 2.05) is 43.5 Å². The van der Waals surface area contributed by atoms with Gasteiger partial charge >= 0.3 is 0 Å². The summed E-state index contributed by atoms with van der Waals surface area (Å²) in [6.07, 6.45) is 2.86. The van der Waals surface area contributed by atoms with Gasteiger partial charge in [0.1, 0.15) is 17.6 Å². The van der Waals surface area contributed by atoms with Crippen molar-refractivity contribution in [3.05, 3.63) is 53.7 Å². The highest BCUT2D eigenvalue weighted by Gasteiger charge is 2.41. The van der Waals surface area contributed by atoms with Gasteiger partial charge in [0.15, 0.2) is 5.11 Å². The Kier molecular flexibility index (Phi) is 5.16. The van der Waals surface area contributed by atoms with Crippen molar-refractivity contribution in [2.24, 2.45) is 0 Å². The van der Waals surface area contributed by atoms with E-state index in [4.69, 9.17) is 16.6 Å². The molecule has 1 aliphatic heterocycles. The van der Waals surface area contributed by atoms with Crippen LogP contribution in [-0.2, 0) is 0 Å². The molecule has 2 unspecified atom stereocenters. The van der Waals surface area contributed by atoms with Gasteiger partial charge in [0.05, 0.1) is 11.7 Å². The van der Waals surface area contributed by atoms with E-state index in [0.717, 1.165) is 41.8 Å². The van der Waals surface area contributed by atoms with Gasteiger partial charge in [0, 0.05) is 12.7 Å². The second-order valence-corrected chi connectivity index (χ2v) is 6.81. The van der Waals surface area contributed by atoms with Crippen molar-refractivity contribution in [2.75, 3.05) is 27.2 Å². The van der Waals surface area contributed by atoms with Gasteiger partial charge in [-0.2, -0.15) is 0 Å². The number of rotatable bonds is 6. The lowest BCUT2D eigenvalue weighted by atomic mass is 10.0. The molecule has 0 radical (unpaired) electrons. The molecule has 24 heavy (non-hydrogen) atoms. The smallest absolute Gasteiger partial charge is 0.170 e. The lowest BCUT2D eigenvalue weighted by molar-refractivity contribution is 0.257. The number of aryl methyl sites for hydroxylation is 1. The highest BCUT2D eigenvalue weighted by atomic mass is 32.1. The third-order valence-electron chi connectivity index (χ3n) is 4.25. The number of nitrogens with zero attached hydrogens (tertiary/aromatic N) is 3. The van der Waals surface area contributed by atoms with Gasteiger partial charge in [-0.05, 0) is 70.5 Å². The van der Waals surface area contributed by atoms with E-state index in [1.54, 1.807) is 0 Å². The van der Waals surface area contributed by atoms with Crippen molar-refractivity contribution < 1.29 is 4.42 Å². The summed E-state index contributed by atoms with van der Waals surface area (Å²) in [5.41, 5.74) is 0.981. The Bertz CT molecular complexity index is 685. The fourth-order valence-corrected chi connectivity index (χ4v) is 3.46. The third-order valence-corrected chi connectivity index (χ3v) is 4.61. The fraction of sp³-hybridized carbons (Fsp3) is 0.444. The van der Waals surface area contributed by atoms with Crippen LogP contribution in [-0.4, -0.2) is 47.1 Å². The fourth-order valence-electron chi connectivity index (χ4n) is 3.12. The summed E-state index contributed by atoms with van der Waals surface area (Å²) in [4.78, 5) is 8.94. The van der Waals surface area contributed by atoms with Crippen LogP contribution in [0.1, 0.15) is 35.7 Å². The quantitative estimate of drug-likeness (QED) is 0.813. The first-order chi connectivity index (χ1) is 11.6. The summed E-state index contributed by atoms with van der Waals surface area (Å²) in [7, 11) is 4.18. The molecular weight excluding hydrogens is 320 g/mol. The van der Waals surface area contributed by atoms with Crippen LogP contribution in [0.4, 0.5) is 0 Å². The molecule has 1 N–H and O–H groups in total. The molecule has 1 saturated heterocycles. The van der Waals surface area contributed by atoms with Crippen LogP contribution in [0.5, 0.6) is 0 Å². The molecule has 0 aromatic carbocycles. The first-order valence-electron chi connectivity index (χ1n) is 8.25. The van der Waals surface area contributed by atoms with Crippen LogP contribution in [0.3, 0.4) is 0 Å². The minimum Gasteiger partial charge on any atom is -0.464 e. The van der Waals surface area contributed by atoms with Crippen LogP contribution in [0.15, 0.2) is 40.9 Å². The van der Waals surface area contributed by atoms with Gasteiger partial charge in [0.2, 0.25) is 0 Å². The SMILES string of the molecule is Cc1ccc(C2C(c3ccccn3)NC(=S)N2CCCN(C)C)o1. The molecule has 0 spiro atoms. The number of furan rings is 1. The van der Waals surface area contributed by atoms with Gasteiger partial charge in [-0.15, -0.1) is 0 Å². The van der Waals surface area contributed by atoms with Crippen LogP contribution in [0.2, 0.25) is 0 Å². The topological polar surface area (TPSA) is 44.5 Å². The zero-order valence-corrected chi connectivity index (χ0v) is 15.2. The highest BCUT2D eigenvalue weighted by Crippen LogP contribution is 2.39. The molecule has 128 valence electrons. The molecule has 0 saturated carbocycles. The molecular formula is C18H24N4OS. The number of hydrogen-bond donors (Lipinski definition) is 1. The average Bonchev–Trinajstić information content (AvgIpc) is 3.12. The first-order valence-corrected chi connectivity index (χ1v) is 8.66. The standard InChI is InChI=1S/C18H24N4OS/c1-13-8-9-15(23-13)17-16(14-7-4-5-10-19-14)20-18(24)22(17)12-6-11-21(2)3/h4-5,7-10,16-17H,6,11-12H2,1-3H3,(H,20,24). The van der Waals surface area contributed by atoms with E-state index in [-0.39, 0.29) is 12.1 Å². The maximum Gasteiger partial charge on any atom is 0.170 e. The zero-order valence-electron chi connectivity index (χ0n) is 14.4. The molecule has 2 aromatic heterocycles. The lowest BCUT2D eigenvalue weighted by Gasteiger charge is -2.26. The molecule has 3 rings (SSSR count). The number of hydrogen-bond acceptors (Lipinski definition) is 4. The largest absolute Gasteiger partial charge is 0.464 e. The Morgan fingerprint density at radius 1 is 1.29 bits per heavy atom. The van der Waals surface area contributed by atoms with Crippen LogP contribution < -0.4 is 5.32 Å². The summed E-state index contributed by atoms with van der Waals surface area (Å²) >= 11 is 5.61. The summed E-state index contributed by atoms with van der Waals surface area (Å²) < 4.78 is 5.95. The number of thiocarbonyl (C=S) groups is 1. The molecule has 6 heteroatoms. The normalized spacial score (nSPS) is 20.7. The summed E-state index contributed by atoms with van der Waals surface area (Å²) in [5.74, 6) is 1.84. The van der Waals surface area contributed by atoms with Gasteiger partial charge in [0.25, 0.3) is 0 Å². The van der Waals surface area contributed by atoms with Crippen LogP contribution >= 0.6 is 12.2 Å². The highest BCUT2D eigenvalue weighted by molar-refractivity contribution is 7.80. The Morgan fingerprint density at radius 3 is 2.75 bits per heavy atom. The average molecular weight is 344 g/mol. The summed E-state index contributed by atoms with van der Waals surface area (Å²) in [6, 6.07) is 10.1. The third kappa shape index (κ3) is 3.60. The molecule has 0 bridgehead atoms. The molecule has 0 aliphatic carbocycles. The summed E-state index contributed by atoms with van der Waals surface area (Å²) in [5, 5.41) is 4.20. The van der Waals surface area contributed by atoms with Crippen molar-refractivity contribution in [3.8, 4) is 0 Å². The monoisotopic (exact) mass is 344 g/mol. The molecule has 3 heterocycles. The Balaban J connectivity index is 1.88. The van der Waals surface area contributed by atoms with Gasteiger partial charge in [-0.1, -0.05) is 6.07 Å². The Morgan fingerprint density at radius 2 is 2.12 bits per heavy atom. The Hall–Kier alpha value is -1.92. The zero-order chi connectivity index (χ0) is 17.1. The van der Waals surface area contributed by atoms with Gasteiger partial charge in [-0.25, -0.2) is 0 Å². The van der Waals surface area contributed by atoms with Crippen LogP contribution in [0.25, 0.3) is 0 Å². The minimum absolute atomic E-state index is 0.00334. The molecule has 1 aliphatic rings. The molecule has 2 atom stereocenters. The van der Waals surface area contributed by atoms with Gasteiger partial charge < -0.3 is 19.5 Å². The molecule has 5 nitrogen and oxygen atoms in total. The van der Waals surface area contributed by atoms with Crippen molar-refractivity contribution in [3.63, 3.8) is 0 Å². The number of pyridine rings is 1. The number of nitrogens with one attached hydrogen (secondary N) is 1. The number of aromatic nitrogens is 1. The van der Waals surface area contributed by atoms with E-state index in [9.17, 15) is 0 Å². The van der Waals surface area contributed by atoms with E-state index in [1.165, 1.54) is 0 Å². The van der Waals surface area contributed by atoms with E-state index in [2.05, 4.69) is 34.2 Å². The van der Waals surface area contributed by atoms with E-state index >= 15 is 0 Å². The molecule has 0 amide bonds. The second-order valence-electron chi connectivity index (χ2n) is 6.43. The predicted octanol–water partition coefficient (Wildman–Crippen LogP) is 2.91. The predicted molar refractivity (Wildman–Crippen MR) is 98.8 cm³/mol. The Labute approximate surface area is 148 Å². The molecule has 2 aromatic rings. The van der Waals surface area contributed by atoms with Crippen molar-refractivity contribution in [2.45, 2.75) is 25.4 Å². The minimum atomic E-state index is 0.00334. The molecule has 1 fully saturated rings. The van der Waals surface area contributed by atoms with Crippen molar-refractivity contribution in [1.82, 2.24) is 20.1 Å². The van der Waals surface area contributed by atoms with Gasteiger partial charge in [-0.3, -0.25) is 4.98 Å². The summed E-state index contributed by atoms with van der Waals surface area (Å²) in [6.45, 7) is 3.88. The van der Waals surface area contributed by atoms with Crippen LogP contribution in [0, 0.1) is 6.92 Å². The van der Waals surface area contributed by atoms with Crippen molar-refractivity contribution in [1.29, 1.82) is 0 Å². The van der Waals surface area contributed by atoms with E-state index < -0.39 is 0 Å². The second kappa shape index (κ2) is 7.32. The maximum atomic E-state index is 5.95. The van der Waals surface area contributed by atoms with Crippen molar-refractivity contribution >= 4 is 17.3 Å². The maximum absolute atomic E-state index is 5.95. The first kappa shape index (κ1) is 16.9. The van der Waals surface area contributed by atoms with E-state index in [0.29, 0.717) is 0 Å².